The Hall–Kier alpha value is -0.900. The van der Waals surface area contributed by atoms with Crippen LogP contribution < -0.4 is 10.6 Å². The van der Waals surface area contributed by atoms with E-state index in [0.717, 1.165) is 58.1 Å². The van der Waals surface area contributed by atoms with E-state index in [1.807, 2.05) is 0 Å². The lowest BCUT2D eigenvalue weighted by atomic mass is 9.98. The Morgan fingerprint density at radius 1 is 1.00 bits per heavy atom. The van der Waals surface area contributed by atoms with Crippen LogP contribution in [0.4, 0.5) is 0 Å². The van der Waals surface area contributed by atoms with E-state index < -0.39 is 0 Å². The summed E-state index contributed by atoms with van der Waals surface area (Å²) in [5.74, 6) is 0.865. The number of hydrogen-bond acceptors (Lipinski definition) is 4. The van der Waals surface area contributed by atoms with Crippen molar-refractivity contribution >= 4 is 29.9 Å². The number of halogens is 1. The van der Waals surface area contributed by atoms with Crippen LogP contribution >= 0.6 is 24.0 Å². The second-order valence-corrected chi connectivity index (χ2v) is 8.55. The maximum absolute atomic E-state index is 6.06. The maximum atomic E-state index is 6.06. The third-order valence-electron chi connectivity index (χ3n) is 5.93. The van der Waals surface area contributed by atoms with Crippen LogP contribution in [0.25, 0.3) is 0 Å². The average molecular weight is 560 g/mol. The van der Waals surface area contributed by atoms with Crippen molar-refractivity contribution in [3.63, 3.8) is 0 Å². The van der Waals surface area contributed by atoms with E-state index in [-0.39, 0.29) is 24.0 Å². The Labute approximate surface area is 211 Å². The number of nitrogens with zero attached hydrogens (tertiary/aromatic N) is 1. The monoisotopic (exact) mass is 559 g/mol. The third kappa shape index (κ3) is 10.8. The fourth-order valence-corrected chi connectivity index (χ4v) is 4.15. The van der Waals surface area contributed by atoms with Crippen LogP contribution in [0.5, 0.6) is 0 Å². The van der Waals surface area contributed by atoms with Crippen molar-refractivity contribution < 1.29 is 14.2 Å². The minimum absolute atomic E-state index is 0. The van der Waals surface area contributed by atoms with Crippen LogP contribution in [0.1, 0.15) is 69.4 Å². The van der Waals surface area contributed by atoms with Crippen LogP contribution in [0, 0.1) is 0 Å². The first-order valence-corrected chi connectivity index (χ1v) is 12.2. The van der Waals surface area contributed by atoms with Gasteiger partial charge in [-0.15, -0.1) is 24.0 Å². The highest BCUT2D eigenvalue weighted by Crippen LogP contribution is 2.20. The number of ether oxygens (including phenoxy) is 3. The molecule has 3 rings (SSSR count). The molecule has 1 saturated heterocycles. The zero-order valence-electron chi connectivity index (χ0n) is 19.7. The summed E-state index contributed by atoms with van der Waals surface area (Å²) in [7, 11) is 0. The quantitative estimate of drug-likeness (QED) is 0.177. The van der Waals surface area contributed by atoms with Crippen LogP contribution in [-0.4, -0.2) is 51.1 Å². The van der Waals surface area contributed by atoms with E-state index in [4.69, 9.17) is 19.2 Å². The molecule has 6 nitrogen and oxygen atoms in total. The first-order valence-electron chi connectivity index (χ1n) is 12.2. The van der Waals surface area contributed by atoms with Crippen molar-refractivity contribution in [3.8, 4) is 0 Å². The van der Waals surface area contributed by atoms with E-state index >= 15 is 0 Å². The van der Waals surface area contributed by atoms with Crippen molar-refractivity contribution in [2.45, 2.75) is 83.6 Å². The van der Waals surface area contributed by atoms with Gasteiger partial charge in [0.05, 0.1) is 25.4 Å². The summed E-state index contributed by atoms with van der Waals surface area (Å²) in [6.07, 6.45) is 10.3. The van der Waals surface area contributed by atoms with Crippen LogP contribution in [0.2, 0.25) is 0 Å². The van der Waals surface area contributed by atoms with Gasteiger partial charge in [-0.3, -0.25) is 0 Å². The summed E-state index contributed by atoms with van der Waals surface area (Å²) in [6, 6.07) is 8.55. The number of aliphatic imine (C=N–C) groups is 1. The zero-order valence-corrected chi connectivity index (χ0v) is 22.0. The first kappa shape index (κ1) is 27.3. The highest BCUT2D eigenvalue weighted by molar-refractivity contribution is 14.0. The molecular formula is C25H42IN3O3. The SMILES string of the molecule is CCNC(=NCc1cccc(COC2CCOCC2)c1)NCCCOC1CCCCC1.I. The fraction of sp³-hybridized carbons (Fsp3) is 0.720. The van der Waals surface area contributed by atoms with Crippen LogP contribution in [-0.2, 0) is 27.4 Å². The van der Waals surface area contributed by atoms with Gasteiger partial charge in [0, 0.05) is 32.9 Å². The lowest BCUT2D eigenvalue weighted by molar-refractivity contribution is -0.0390. The van der Waals surface area contributed by atoms with E-state index in [9.17, 15) is 0 Å². The zero-order chi connectivity index (χ0) is 21.6. The van der Waals surface area contributed by atoms with Gasteiger partial charge in [-0.25, -0.2) is 4.99 Å². The minimum atomic E-state index is 0. The second-order valence-electron chi connectivity index (χ2n) is 8.55. The van der Waals surface area contributed by atoms with Gasteiger partial charge < -0.3 is 24.8 Å². The largest absolute Gasteiger partial charge is 0.381 e. The molecule has 1 heterocycles. The Balaban J connectivity index is 0.00000363. The molecule has 1 aliphatic carbocycles. The van der Waals surface area contributed by atoms with Crippen LogP contribution in [0.15, 0.2) is 29.3 Å². The molecule has 2 aliphatic rings. The molecule has 1 saturated carbocycles. The molecule has 0 radical (unpaired) electrons. The number of benzene rings is 1. The summed E-state index contributed by atoms with van der Waals surface area (Å²) in [4.78, 5) is 4.76. The van der Waals surface area contributed by atoms with Gasteiger partial charge in [0.25, 0.3) is 0 Å². The van der Waals surface area contributed by atoms with Crippen molar-refractivity contribution in [2.75, 3.05) is 32.9 Å². The molecular weight excluding hydrogens is 517 g/mol. The number of hydrogen-bond donors (Lipinski definition) is 2. The average Bonchev–Trinajstić information content (AvgIpc) is 2.82. The molecule has 32 heavy (non-hydrogen) atoms. The molecule has 0 spiro atoms. The molecule has 1 aromatic rings. The molecule has 2 fully saturated rings. The van der Waals surface area contributed by atoms with Crippen molar-refractivity contribution in [1.82, 2.24) is 10.6 Å². The maximum Gasteiger partial charge on any atom is 0.191 e. The van der Waals surface area contributed by atoms with E-state index in [0.29, 0.717) is 25.4 Å². The lowest BCUT2D eigenvalue weighted by Crippen LogP contribution is -2.38. The number of nitrogens with one attached hydrogen (secondary N) is 2. The summed E-state index contributed by atoms with van der Waals surface area (Å²) in [6.45, 7) is 7.57. The van der Waals surface area contributed by atoms with Gasteiger partial charge in [-0.2, -0.15) is 0 Å². The smallest absolute Gasteiger partial charge is 0.191 e. The molecule has 2 N–H and O–H groups in total. The summed E-state index contributed by atoms with van der Waals surface area (Å²) < 4.78 is 17.5. The highest BCUT2D eigenvalue weighted by Gasteiger charge is 2.14. The Kier molecular flexibility index (Phi) is 14.2. The molecule has 0 unspecified atom stereocenters. The van der Waals surface area contributed by atoms with Crippen molar-refractivity contribution in [1.29, 1.82) is 0 Å². The number of guanidine groups is 1. The molecule has 1 aromatic carbocycles. The second kappa shape index (κ2) is 16.7. The van der Waals surface area contributed by atoms with Crippen molar-refractivity contribution in [3.05, 3.63) is 35.4 Å². The van der Waals surface area contributed by atoms with Gasteiger partial charge in [0.1, 0.15) is 0 Å². The van der Waals surface area contributed by atoms with Crippen LogP contribution in [0.3, 0.4) is 0 Å². The minimum Gasteiger partial charge on any atom is -0.381 e. The predicted molar refractivity (Wildman–Crippen MR) is 141 cm³/mol. The topological polar surface area (TPSA) is 64.1 Å². The third-order valence-corrected chi connectivity index (χ3v) is 5.93. The van der Waals surface area contributed by atoms with E-state index in [1.54, 1.807) is 0 Å². The Morgan fingerprint density at radius 3 is 2.53 bits per heavy atom. The molecule has 0 amide bonds. The number of rotatable bonds is 11. The molecule has 0 atom stereocenters. The molecule has 7 heteroatoms. The Morgan fingerprint density at radius 2 is 1.75 bits per heavy atom. The van der Waals surface area contributed by atoms with Gasteiger partial charge in [0.15, 0.2) is 5.96 Å². The normalized spacial score (nSPS) is 18.2. The molecule has 182 valence electrons. The fourth-order valence-electron chi connectivity index (χ4n) is 4.15. The molecule has 0 bridgehead atoms. The van der Waals surface area contributed by atoms with E-state index in [1.165, 1.54) is 43.2 Å². The predicted octanol–water partition coefficient (Wildman–Crippen LogP) is 4.79. The van der Waals surface area contributed by atoms with E-state index in [2.05, 4.69) is 41.8 Å². The van der Waals surface area contributed by atoms with Crippen molar-refractivity contribution in [2.24, 2.45) is 4.99 Å². The summed E-state index contributed by atoms with van der Waals surface area (Å²) in [5, 5.41) is 6.77. The molecule has 1 aliphatic heterocycles. The lowest BCUT2D eigenvalue weighted by Gasteiger charge is -2.22. The summed E-state index contributed by atoms with van der Waals surface area (Å²) >= 11 is 0. The standard InChI is InChI=1S/C25H41N3O3.HI/c1-2-26-25(27-14-7-15-30-23-10-4-3-5-11-23)28-19-21-8-6-9-22(18-21)20-31-24-12-16-29-17-13-24;/h6,8-9,18,23-24H,2-5,7,10-17,19-20H2,1H3,(H2,26,27,28);1H. The summed E-state index contributed by atoms with van der Waals surface area (Å²) in [5.41, 5.74) is 2.41. The van der Waals surface area contributed by atoms with Gasteiger partial charge in [-0.05, 0) is 50.2 Å². The highest BCUT2D eigenvalue weighted by atomic mass is 127. The van der Waals surface area contributed by atoms with Gasteiger partial charge >= 0.3 is 0 Å². The molecule has 0 aromatic heterocycles. The van der Waals surface area contributed by atoms with Gasteiger partial charge in [0.2, 0.25) is 0 Å². The van der Waals surface area contributed by atoms with Gasteiger partial charge in [-0.1, -0.05) is 43.5 Å². The Bertz CT molecular complexity index is 647. The first-order chi connectivity index (χ1) is 15.3.